The summed E-state index contributed by atoms with van der Waals surface area (Å²) in [6.45, 7) is 14.5. The molecule has 104 valence electrons. The van der Waals surface area contributed by atoms with Crippen molar-refractivity contribution in [2.24, 2.45) is 16.7 Å². The van der Waals surface area contributed by atoms with Gasteiger partial charge in [0.2, 0.25) is 0 Å². The predicted octanol–water partition coefficient (Wildman–Crippen LogP) is 4.35. The Hall–Kier alpha value is -0.790. The van der Waals surface area contributed by atoms with Gasteiger partial charge in [0.1, 0.15) is 6.10 Å². The first-order valence-corrected chi connectivity index (χ1v) is 6.91. The molecule has 1 rings (SSSR count). The van der Waals surface area contributed by atoms with E-state index < -0.39 is 5.41 Å². The van der Waals surface area contributed by atoms with Gasteiger partial charge in [-0.2, -0.15) is 0 Å². The van der Waals surface area contributed by atoms with Crippen molar-refractivity contribution < 1.29 is 9.53 Å². The van der Waals surface area contributed by atoms with Gasteiger partial charge in [0, 0.05) is 5.92 Å². The van der Waals surface area contributed by atoms with Crippen molar-refractivity contribution >= 4 is 5.97 Å². The molecule has 0 fully saturated rings. The maximum absolute atomic E-state index is 12.0. The minimum atomic E-state index is -0.418. The van der Waals surface area contributed by atoms with Crippen LogP contribution in [-0.4, -0.2) is 12.1 Å². The maximum Gasteiger partial charge on any atom is 0.311 e. The molecule has 0 bridgehead atoms. The van der Waals surface area contributed by atoms with Gasteiger partial charge in [-0.15, -0.1) is 0 Å². The van der Waals surface area contributed by atoms with Gasteiger partial charge in [-0.3, -0.25) is 4.79 Å². The predicted molar refractivity (Wildman–Crippen MR) is 75.3 cm³/mol. The lowest BCUT2D eigenvalue weighted by molar-refractivity contribution is -0.162. The Morgan fingerprint density at radius 1 is 1.44 bits per heavy atom. The van der Waals surface area contributed by atoms with Gasteiger partial charge in [0.15, 0.2) is 0 Å². The number of hydrogen-bond donors (Lipinski definition) is 0. The van der Waals surface area contributed by atoms with Crippen LogP contribution in [0.5, 0.6) is 0 Å². The van der Waals surface area contributed by atoms with Crippen molar-refractivity contribution in [3.63, 3.8) is 0 Å². The van der Waals surface area contributed by atoms with Crippen LogP contribution in [-0.2, 0) is 9.53 Å². The number of rotatable bonds is 2. The van der Waals surface area contributed by atoms with Crippen LogP contribution in [0.1, 0.15) is 61.3 Å². The highest BCUT2D eigenvalue weighted by Crippen LogP contribution is 2.43. The molecule has 0 radical (unpaired) electrons. The van der Waals surface area contributed by atoms with Crippen LogP contribution in [0.15, 0.2) is 11.6 Å². The minimum Gasteiger partial charge on any atom is -0.462 e. The molecule has 2 heteroatoms. The second kappa shape index (κ2) is 5.07. The molecule has 0 spiro atoms. The third-order valence-electron chi connectivity index (χ3n) is 3.93. The average molecular weight is 252 g/mol. The van der Waals surface area contributed by atoms with Crippen LogP contribution in [0.3, 0.4) is 0 Å². The first-order chi connectivity index (χ1) is 8.04. The summed E-state index contributed by atoms with van der Waals surface area (Å²) < 4.78 is 5.66. The number of esters is 1. The molecule has 2 unspecified atom stereocenters. The first kappa shape index (κ1) is 15.3. The van der Waals surface area contributed by atoms with Gasteiger partial charge in [0.25, 0.3) is 0 Å². The Balaban J connectivity index is 2.73. The number of carbonyl (C=O) groups excluding carboxylic acids is 1. The van der Waals surface area contributed by atoms with E-state index in [1.165, 1.54) is 5.57 Å². The van der Waals surface area contributed by atoms with Crippen LogP contribution in [0.25, 0.3) is 0 Å². The number of hydrogen-bond acceptors (Lipinski definition) is 2. The van der Waals surface area contributed by atoms with Crippen molar-refractivity contribution in [2.75, 3.05) is 0 Å². The zero-order chi connectivity index (χ0) is 14.1. The lowest BCUT2D eigenvalue weighted by Gasteiger charge is -2.41. The van der Waals surface area contributed by atoms with E-state index in [0.29, 0.717) is 5.92 Å². The van der Waals surface area contributed by atoms with E-state index in [9.17, 15) is 4.79 Å². The van der Waals surface area contributed by atoms with Gasteiger partial charge in [-0.05, 0) is 52.9 Å². The fourth-order valence-corrected chi connectivity index (χ4v) is 2.82. The summed E-state index contributed by atoms with van der Waals surface area (Å²) in [4.78, 5) is 12.0. The highest BCUT2D eigenvalue weighted by Gasteiger charge is 2.38. The summed E-state index contributed by atoms with van der Waals surface area (Å²) in [7, 11) is 0. The van der Waals surface area contributed by atoms with E-state index in [1.807, 2.05) is 27.7 Å². The molecule has 0 aromatic carbocycles. The van der Waals surface area contributed by atoms with Crippen LogP contribution in [0.4, 0.5) is 0 Å². The Labute approximate surface area is 112 Å². The topological polar surface area (TPSA) is 26.3 Å². The van der Waals surface area contributed by atoms with E-state index in [-0.39, 0.29) is 17.5 Å². The summed E-state index contributed by atoms with van der Waals surface area (Å²) >= 11 is 0. The molecule has 1 aliphatic rings. The molecule has 1 aliphatic carbocycles. The normalized spacial score (nSPS) is 25.3. The number of allylic oxidation sites excluding steroid dienone is 2. The fourth-order valence-electron chi connectivity index (χ4n) is 2.82. The third kappa shape index (κ3) is 3.60. The van der Waals surface area contributed by atoms with Crippen molar-refractivity contribution in [2.45, 2.75) is 67.4 Å². The van der Waals surface area contributed by atoms with E-state index in [2.05, 4.69) is 26.8 Å². The zero-order valence-corrected chi connectivity index (χ0v) is 13.0. The van der Waals surface area contributed by atoms with Gasteiger partial charge in [0.05, 0.1) is 5.41 Å². The van der Waals surface area contributed by atoms with E-state index >= 15 is 0 Å². The van der Waals surface area contributed by atoms with Crippen molar-refractivity contribution in [1.29, 1.82) is 0 Å². The van der Waals surface area contributed by atoms with Crippen molar-refractivity contribution in [3.8, 4) is 0 Å². The Kier molecular flexibility index (Phi) is 4.30. The van der Waals surface area contributed by atoms with Gasteiger partial charge >= 0.3 is 5.97 Å². The SMILES string of the molecule is CC1=CCC(C(C)OC(=O)C(C)(C)C)C(C)(C)C1. The van der Waals surface area contributed by atoms with Crippen LogP contribution >= 0.6 is 0 Å². The first-order valence-electron chi connectivity index (χ1n) is 6.91. The quantitative estimate of drug-likeness (QED) is 0.539. The van der Waals surface area contributed by atoms with E-state index in [4.69, 9.17) is 4.74 Å². The third-order valence-corrected chi connectivity index (χ3v) is 3.93. The van der Waals surface area contributed by atoms with Gasteiger partial charge < -0.3 is 4.74 Å². The Morgan fingerprint density at radius 3 is 2.44 bits per heavy atom. The molecule has 0 heterocycles. The minimum absolute atomic E-state index is 0.0175. The summed E-state index contributed by atoms with van der Waals surface area (Å²) in [5.41, 5.74) is 1.24. The zero-order valence-electron chi connectivity index (χ0n) is 13.0. The van der Waals surface area contributed by atoms with Gasteiger partial charge in [-0.25, -0.2) is 0 Å². The lowest BCUT2D eigenvalue weighted by Crippen LogP contribution is -2.39. The summed E-state index contributed by atoms with van der Waals surface area (Å²) in [6, 6.07) is 0. The second-order valence-corrected chi connectivity index (χ2v) is 7.42. The summed E-state index contributed by atoms with van der Waals surface area (Å²) in [5, 5.41) is 0. The molecule has 0 saturated carbocycles. The Morgan fingerprint density at radius 2 is 2.00 bits per heavy atom. The van der Waals surface area contributed by atoms with Crippen molar-refractivity contribution in [1.82, 2.24) is 0 Å². The monoisotopic (exact) mass is 252 g/mol. The largest absolute Gasteiger partial charge is 0.462 e. The summed E-state index contributed by atoms with van der Waals surface area (Å²) in [6.07, 6.45) is 4.38. The van der Waals surface area contributed by atoms with Crippen LogP contribution in [0, 0.1) is 16.7 Å². The molecule has 0 saturated heterocycles. The summed E-state index contributed by atoms with van der Waals surface area (Å²) in [5.74, 6) is 0.310. The standard InChI is InChI=1S/C16H28O2/c1-11-8-9-13(16(6,7)10-11)12(2)18-14(17)15(3,4)5/h8,12-13H,9-10H2,1-7H3. The van der Waals surface area contributed by atoms with Gasteiger partial charge in [-0.1, -0.05) is 25.5 Å². The number of ether oxygens (including phenoxy) is 1. The molecule has 18 heavy (non-hydrogen) atoms. The van der Waals surface area contributed by atoms with Crippen LogP contribution < -0.4 is 0 Å². The Bertz CT molecular complexity index is 345. The molecule has 0 aromatic rings. The smallest absolute Gasteiger partial charge is 0.311 e. The average Bonchev–Trinajstić information content (AvgIpc) is 2.13. The molecular formula is C16H28O2. The molecule has 2 atom stereocenters. The van der Waals surface area contributed by atoms with Crippen LogP contribution in [0.2, 0.25) is 0 Å². The second-order valence-electron chi connectivity index (χ2n) is 7.42. The molecule has 0 aliphatic heterocycles. The highest BCUT2D eigenvalue weighted by atomic mass is 16.5. The fraction of sp³-hybridized carbons (Fsp3) is 0.812. The molecule has 0 amide bonds. The molecule has 0 aromatic heterocycles. The van der Waals surface area contributed by atoms with Crippen molar-refractivity contribution in [3.05, 3.63) is 11.6 Å². The van der Waals surface area contributed by atoms with E-state index in [1.54, 1.807) is 0 Å². The molecular weight excluding hydrogens is 224 g/mol. The molecule has 0 N–H and O–H groups in total. The maximum atomic E-state index is 12.0. The highest BCUT2D eigenvalue weighted by molar-refractivity contribution is 5.75. The molecule has 2 nitrogen and oxygen atoms in total. The lowest BCUT2D eigenvalue weighted by atomic mass is 9.67. The van der Waals surface area contributed by atoms with E-state index in [0.717, 1.165) is 12.8 Å². The number of carbonyl (C=O) groups is 1.